The lowest BCUT2D eigenvalue weighted by atomic mass is 9.85. The van der Waals surface area contributed by atoms with E-state index in [4.69, 9.17) is 5.73 Å². The van der Waals surface area contributed by atoms with Gasteiger partial charge in [-0.3, -0.25) is 4.79 Å². The Balaban J connectivity index is 1.73. The van der Waals surface area contributed by atoms with Gasteiger partial charge in [-0.25, -0.2) is 9.07 Å². The maximum atomic E-state index is 14.7. The molecule has 3 aromatic carbocycles. The molecule has 37 heavy (non-hydrogen) atoms. The fourth-order valence-corrected chi connectivity index (χ4v) is 4.84. The van der Waals surface area contributed by atoms with Crippen LogP contribution in [0.5, 0.6) is 0 Å². The molecule has 0 radical (unpaired) electrons. The van der Waals surface area contributed by atoms with E-state index in [0.717, 1.165) is 6.20 Å². The fourth-order valence-electron chi connectivity index (χ4n) is 4.49. The van der Waals surface area contributed by atoms with E-state index >= 15 is 0 Å². The number of halogens is 5. The molecule has 2 aromatic heterocycles. The summed E-state index contributed by atoms with van der Waals surface area (Å²) in [4.78, 5) is 11.9. The number of aliphatic hydroxyl groups is 1. The SMILES string of the molecule is CC(C(N)=O)n1cc(C(O)(c2ccc3c(cnn3-c3ccc(F)cc3)c2)C(F)(F)F)c2ccc(Br)cc21. The lowest BCUT2D eigenvalue weighted by Crippen LogP contribution is -2.43. The second-order valence-electron chi connectivity index (χ2n) is 8.70. The third-order valence-corrected chi connectivity index (χ3v) is 6.98. The molecule has 0 saturated heterocycles. The van der Waals surface area contributed by atoms with E-state index in [9.17, 15) is 27.5 Å². The number of hydrogen-bond acceptors (Lipinski definition) is 3. The number of benzene rings is 3. The van der Waals surface area contributed by atoms with E-state index in [2.05, 4.69) is 21.0 Å². The largest absolute Gasteiger partial charge is 0.425 e. The number of hydrogen-bond donors (Lipinski definition) is 2. The van der Waals surface area contributed by atoms with Gasteiger partial charge in [0.15, 0.2) is 0 Å². The van der Waals surface area contributed by atoms with Crippen LogP contribution in [0.2, 0.25) is 0 Å². The first-order chi connectivity index (χ1) is 17.4. The monoisotopic (exact) mass is 574 g/mol. The van der Waals surface area contributed by atoms with Gasteiger partial charge in [-0.05, 0) is 61.0 Å². The number of nitrogens with zero attached hydrogens (tertiary/aromatic N) is 3. The van der Waals surface area contributed by atoms with Crippen molar-refractivity contribution in [3.63, 3.8) is 0 Å². The highest BCUT2D eigenvalue weighted by Crippen LogP contribution is 2.48. The highest BCUT2D eigenvalue weighted by atomic mass is 79.9. The maximum Gasteiger partial charge on any atom is 0.425 e. The molecule has 190 valence electrons. The minimum absolute atomic E-state index is 0.109. The van der Waals surface area contributed by atoms with Crippen molar-refractivity contribution in [1.82, 2.24) is 14.3 Å². The zero-order valence-corrected chi connectivity index (χ0v) is 20.8. The number of primary amides is 1. The van der Waals surface area contributed by atoms with Crippen molar-refractivity contribution >= 4 is 43.6 Å². The number of carbonyl (C=O) groups is 1. The first-order valence-corrected chi connectivity index (χ1v) is 11.8. The van der Waals surface area contributed by atoms with Crippen molar-refractivity contribution in [1.29, 1.82) is 0 Å². The van der Waals surface area contributed by atoms with E-state index < -0.39 is 40.7 Å². The molecule has 0 saturated carbocycles. The van der Waals surface area contributed by atoms with Crippen LogP contribution in [-0.2, 0) is 10.4 Å². The number of nitrogens with two attached hydrogens (primary N) is 1. The molecular weight excluding hydrogens is 556 g/mol. The predicted molar refractivity (Wildman–Crippen MR) is 134 cm³/mol. The second kappa shape index (κ2) is 8.70. The van der Waals surface area contributed by atoms with Crippen LogP contribution in [0.3, 0.4) is 0 Å². The summed E-state index contributed by atoms with van der Waals surface area (Å²) in [5, 5.41) is 16.1. The van der Waals surface area contributed by atoms with Gasteiger partial charge >= 0.3 is 6.18 Å². The van der Waals surface area contributed by atoms with Gasteiger partial charge in [-0.15, -0.1) is 0 Å². The minimum atomic E-state index is -5.13. The van der Waals surface area contributed by atoms with Crippen molar-refractivity contribution in [3.05, 3.63) is 94.5 Å². The van der Waals surface area contributed by atoms with Crippen molar-refractivity contribution in [3.8, 4) is 5.69 Å². The Morgan fingerprint density at radius 1 is 1.05 bits per heavy atom. The zero-order chi connectivity index (χ0) is 26.7. The molecule has 2 heterocycles. The number of alkyl halides is 3. The van der Waals surface area contributed by atoms with Crippen molar-refractivity contribution < 1.29 is 27.5 Å². The Bertz CT molecular complexity index is 1660. The molecule has 2 atom stereocenters. The summed E-state index contributed by atoms with van der Waals surface area (Å²) in [5.74, 6) is -1.18. The van der Waals surface area contributed by atoms with E-state index in [1.165, 1.54) is 70.9 Å². The van der Waals surface area contributed by atoms with Crippen molar-refractivity contribution in [2.45, 2.75) is 24.7 Å². The minimum Gasteiger partial charge on any atom is -0.372 e. The highest BCUT2D eigenvalue weighted by Gasteiger charge is 2.57. The van der Waals surface area contributed by atoms with Crippen LogP contribution in [0, 0.1) is 5.82 Å². The van der Waals surface area contributed by atoms with Gasteiger partial charge in [0.1, 0.15) is 11.9 Å². The van der Waals surface area contributed by atoms with E-state index in [1.807, 2.05) is 0 Å². The fraction of sp³-hybridized carbons (Fsp3) is 0.154. The first kappa shape index (κ1) is 25.0. The van der Waals surface area contributed by atoms with Gasteiger partial charge in [0.05, 0.1) is 22.9 Å². The Morgan fingerprint density at radius 2 is 1.76 bits per heavy atom. The van der Waals surface area contributed by atoms with Crippen LogP contribution in [-0.4, -0.2) is 31.5 Å². The summed E-state index contributed by atoms with van der Waals surface area (Å²) in [6.07, 6.45) is -2.64. The van der Waals surface area contributed by atoms with E-state index in [-0.39, 0.29) is 5.39 Å². The Hall–Kier alpha value is -3.70. The summed E-state index contributed by atoms with van der Waals surface area (Å²) in [6, 6.07) is 12.9. The van der Waals surface area contributed by atoms with Gasteiger partial charge in [-0.2, -0.15) is 18.3 Å². The number of aromatic nitrogens is 3. The molecule has 5 rings (SSSR count). The maximum absolute atomic E-state index is 14.7. The van der Waals surface area contributed by atoms with Crippen molar-refractivity contribution in [2.24, 2.45) is 5.73 Å². The van der Waals surface area contributed by atoms with Crippen LogP contribution in [0.1, 0.15) is 24.1 Å². The quantitative estimate of drug-likeness (QED) is 0.263. The molecule has 0 aliphatic carbocycles. The molecule has 0 fully saturated rings. The molecule has 6 nitrogen and oxygen atoms in total. The average molecular weight is 575 g/mol. The molecular formula is C26H19BrF4N4O2. The summed E-state index contributed by atoms with van der Waals surface area (Å²) in [6.45, 7) is 1.47. The Morgan fingerprint density at radius 3 is 2.41 bits per heavy atom. The summed E-state index contributed by atoms with van der Waals surface area (Å²) < 4.78 is 60.9. The van der Waals surface area contributed by atoms with Gasteiger partial charge < -0.3 is 15.4 Å². The topological polar surface area (TPSA) is 86.1 Å². The molecule has 3 N–H and O–H groups in total. The summed E-state index contributed by atoms with van der Waals surface area (Å²) in [5.41, 5.74) is 2.43. The van der Waals surface area contributed by atoms with Crippen molar-refractivity contribution in [2.75, 3.05) is 0 Å². The number of fused-ring (bicyclic) bond motifs is 2. The summed E-state index contributed by atoms with van der Waals surface area (Å²) in [7, 11) is 0. The second-order valence-corrected chi connectivity index (χ2v) is 9.62. The lowest BCUT2D eigenvalue weighted by molar-refractivity contribution is -0.247. The molecule has 11 heteroatoms. The van der Waals surface area contributed by atoms with Gasteiger partial charge in [0.25, 0.3) is 0 Å². The van der Waals surface area contributed by atoms with Gasteiger partial charge in [0.2, 0.25) is 11.5 Å². The molecule has 5 aromatic rings. The molecule has 0 bridgehead atoms. The van der Waals surface area contributed by atoms with Crippen LogP contribution in [0.4, 0.5) is 17.6 Å². The molecule has 0 aliphatic rings. The van der Waals surface area contributed by atoms with Crippen LogP contribution < -0.4 is 5.73 Å². The predicted octanol–water partition coefficient (Wildman–Crippen LogP) is 5.73. The summed E-state index contributed by atoms with van der Waals surface area (Å²) >= 11 is 3.31. The normalized spacial score (nSPS) is 14.7. The van der Waals surface area contributed by atoms with Gasteiger partial charge in [0, 0.05) is 27.0 Å². The van der Waals surface area contributed by atoms with Crippen LogP contribution in [0.15, 0.2) is 77.5 Å². The number of rotatable bonds is 5. The molecule has 0 spiro atoms. The third kappa shape index (κ3) is 3.98. The third-order valence-electron chi connectivity index (χ3n) is 6.48. The Kier molecular flexibility index (Phi) is 5.87. The van der Waals surface area contributed by atoms with E-state index in [1.54, 1.807) is 12.1 Å². The highest BCUT2D eigenvalue weighted by molar-refractivity contribution is 9.10. The van der Waals surface area contributed by atoms with Crippen LogP contribution >= 0.6 is 15.9 Å². The average Bonchev–Trinajstić information content (AvgIpc) is 3.44. The van der Waals surface area contributed by atoms with Gasteiger partial charge in [-0.1, -0.05) is 28.1 Å². The Labute approximate surface area is 216 Å². The first-order valence-electron chi connectivity index (χ1n) is 11.0. The zero-order valence-electron chi connectivity index (χ0n) is 19.2. The molecule has 0 aliphatic heterocycles. The number of amides is 1. The standard InChI is InChI=1S/C26H19BrF4N4O2/c1-14(24(32)36)34-13-21(20-8-3-17(27)11-23(20)34)25(37,26(29,30)31)16-2-9-22-15(10-16)12-33-35(22)19-6-4-18(28)5-7-19/h2-14,37H,1H3,(H2,32,36). The smallest absolute Gasteiger partial charge is 0.372 e. The lowest BCUT2D eigenvalue weighted by Gasteiger charge is -2.31. The number of carbonyl (C=O) groups excluding carboxylic acids is 1. The molecule has 1 amide bonds. The molecule has 2 unspecified atom stereocenters. The van der Waals surface area contributed by atoms with Crippen LogP contribution in [0.25, 0.3) is 27.5 Å². The van der Waals surface area contributed by atoms with E-state index in [0.29, 0.717) is 26.6 Å².